The predicted molar refractivity (Wildman–Crippen MR) is 80.3 cm³/mol. The van der Waals surface area contributed by atoms with Gasteiger partial charge in [0.25, 0.3) is 0 Å². The number of carboxylic acids is 1. The van der Waals surface area contributed by atoms with Crippen molar-refractivity contribution in [3.8, 4) is 11.5 Å². The molecule has 0 heterocycles. The van der Waals surface area contributed by atoms with Gasteiger partial charge in [0.1, 0.15) is 5.75 Å². The summed E-state index contributed by atoms with van der Waals surface area (Å²) in [5, 5.41) is 9.39. The zero-order valence-electron chi connectivity index (χ0n) is 9.66. The Labute approximate surface area is 135 Å². The lowest BCUT2D eigenvalue weighted by atomic mass is 10.2. The van der Waals surface area contributed by atoms with Crippen LogP contribution < -0.4 is 4.74 Å². The molecule has 1 N–H and O–H groups in total. The number of hydrogen-bond donors (Lipinski definition) is 1. The predicted octanol–water partition coefficient (Wildman–Crippen LogP) is 5.49. The maximum absolute atomic E-state index is 14.0. The van der Waals surface area contributed by atoms with Crippen molar-refractivity contribution < 1.29 is 19.0 Å². The fourth-order valence-electron chi connectivity index (χ4n) is 1.45. The lowest BCUT2D eigenvalue weighted by molar-refractivity contribution is 0.0695. The SMILES string of the molecule is O=C(O)c1ccc(Oc2ccc(Cl)cc2Br)c(F)c1Br. The minimum absolute atomic E-state index is 0.0927. The van der Waals surface area contributed by atoms with Crippen molar-refractivity contribution in [1.29, 1.82) is 0 Å². The van der Waals surface area contributed by atoms with E-state index >= 15 is 0 Å². The van der Waals surface area contributed by atoms with Crippen molar-refractivity contribution in [3.05, 3.63) is 55.7 Å². The molecule has 20 heavy (non-hydrogen) atoms. The van der Waals surface area contributed by atoms with Crippen molar-refractivity contribution in [2.45, 2.75) is 0 Å². The van der Waals surface area contributed by atoms with Crippen molar-refractivity contribution >= 4 is 49.4 Å². The summed E-state index contributed by atoms with van der Waals surface area (Å²) >= 11 is 12.0. The molecule has 0 radical (unpaired) electrons. The first-order valence-electron chi connectivity index (χ1n) is 5.24. The van der Waals surface area contributed by atoms with E-state index in [0.717, 1.165) is 0 Å². The Morgan fingerprint density at radius 3 is 2.45 bits per heavy atom. The second-order valence-electron chi connectivity index (χ2n) is 3.72. The van der Waals surface area contributed by atoms with Gasteiger partial charge in [-0.1, -0.05) is 11.6 Å². The van der Waals surface area contributed by atoms with Crippen molar-refractivity contribution in [2.24, 2.45) is 0 Å². The van der Waals surface area contributed by atoms with Crippen LogP contribution in [0.25, 0.3) is 0 Å². The average molecular weight is 424 g/mol. The maximum Gasteiger partial charge on any atom is 0.336 e. The zero-order valence-corrected chi connectivity index (χ0v) is 13.6. The highest BCUT2D eigenvalue weighted by atomic mass is 79.9. The van der Waals surface area contributed by atoms with Crippen molar-refractivity contribution in [1.82, 2.24) is 0 Å². The van der Waals surface area contributed by atoms with Gasteiger partial charge in [-0.2, -0.15) is 0 Å². The second kappa shape index (κ2) is 6.11. The highest BCUT2D eigenvalue weighted by Crippen LogP contribution is 2.35. The van der Waals surface area contributed by atoms with Gasteiger partial charge in [0, 0.05) is 5.02 Å². The van der Waals surface area contributed by atoms with Gasteiger partial charge in [0.05, 0.1) is 14.5 Å². The van der Waals surface area contributed by atoms with Crippen molar-refractivity contribution in [3.63, 3.8) is 0 Å². The molecular formula is C13H6Br2ClFO3. The van der Waals surface area contributed by atoms with Crippen LogP contribution in [0.4, 0.5) is 4.39 Å². The van der Waals surface area contributed by atoms with Crippen LogP contribution in [0.15, 0.2) is 39.3 Å². The molecule has 0 fully saturated rings. The molecule has 0 saturated heterocycles. The van der Waals surface area contributed by atoms with Crippen LogP contribution in [0, 0.1) is 5.82 Å². The van der Waals surface area contributed by atoms with E-state index in [9.17, 15) is 9.18 Å². The summed E-state index contributed by atoms with van der Waals surface area (Å²) in [6.45, 7) is 0. The molecule has 2 rings (SSSR count). The van der Waals surface area contributed by atoms with Gasteiger partial charge in [-0.25, -0.2) is 9.18 Å². The number of aromatic carboxylic acids is 1. The van der Waals surface area contributed by atoms with Gasteiger partial charge in [-0.05, 0) is 62.2 Å². The van der Waals surface area contributed by atoms with E-state index in [0.29, 0.717) is 15.2 Å². The lowest BCUT2D eigenvalue weighted by Gasteiger charge is -2.10. The zero-order chi connectivity index (χ0) is 14.9. The van der Waals surface area contributed by atoms with Crippen molar-refractivity contribution in [2.75, 3.05) is 0 Å². The van der Waals surface area contributed by atoms with E-state index in [1.807, 2.05) is 0 Å². The first-order valence-corrected chi connectivity index (χ1v) is 7.20. The first kappa shape index (κ1) is 15.3. The molecule has 0 unspecified atom stereocenters. The number of carboxylic acid groups (broad SMARTS) is 1. The van der Waals surface area contributed by atoms with Gasteiger partial charge in [0.15, 0.2) is 11.6 Å². The Bertz CT molecular complexity index is 692. The van der Waals surface area contributed by atoms with Gasteiger partial charge >= 0.3 is 5.97 Å². The molecule has 2 aromatic carbocycles. The van der Waals surface area contributed by atoms with Crippen LogP contribution in [-0.2, 0) is 0 Å². The summed E-state index contributed by atoms with van der Waals surface area (Å²) in [6.07, 6.45) is 0. The minimum atomic E-state index is -1.23. The Kier molecular flexibility index (Phi) is 4.67. The third-order valence-electron chi connectivity index (χ3n) is 2.39. The van der Waals surface area contributed by atoms with Crippen LogP contribution in [0.2, 0.25) is 5.02 Å². The Morgan fingerprint density at radius 2 is 1.85 bits per heavy atom. The third-order valence-corrected chi connectivity index (χ3v) is 4.02. The highest BCUT2D eigenvalue weighted by molar-refractivity contribution is 9.10. The van der Waals surface area contributed by atoms with E-state index in [1.54, 1.807) is 18.2 Å². The summed E-state index contributed by atoms with van der Waals surface area (Å²) in [7, 11) is 0. The molecule has 3 nitrogen and oxygen atoms in total. The number of benzene rings is 2. The molecule has 104 valence electrons. The minimum Gasteiger partial charge on any atom is -0.478 e. The van der Waals surface area contributed by atoms with E-state index in [1.165, 1.54) is 12.1 Å². The standard InChI is InChI=1S/C13H6Br2ClFO3/c14-8-5-6(16)1-3-9(8)20-10-4-2-7(13(18)19)11(15)12(10)17/h1-5H,(H,18,19). The summed E-state index contributed by atoms with van der Waals surface area (Å²) < 4.78 is 19.8. The topological polar surface area (TPSA) is 46.5 Å². The molecular weight excluding hydrogens is 418 g/mol. The average Bonchev–Trinajstić information content (AvgIpc) is 2.37. The van der Waals surface area contributed by atoms with E-state index in [-0.39, 0.29) is 15.8 Å². The maximum atomic E-state index is 14.0. The largest absolute Gasteiger partial charge is 0.478 e. The monoisotopic (exact) mass is 422 g/mol. The molecule has 0 spiro atoms. The molecule has 0 aliphatic heterocycles. The van der Waals surface area contributed by atoms with Crippen LogP contribution in [0.3, 0.4) is 0 Å². The van der Waals surface area contributed by atoms with Crippen LogP contribution >= 0.6 is 43.5 Å². The van der Waals surface area contributed by atoms with Crippen LogP contribution in [0.5, 0.6) is 11.5 Å². The Morgan fingerprint density at radius 1 is 1.20 bits per heavy atom. The molecule has 0 saturated carbocycles. The summed E-state index contributed by atoms with van der Waals surface area (Å²) in [6, 6.07) is 7.29. The lowest BCUT2D eigenvalue weighted by Crippen LogP contribution is -2.00. The number of rotatable bonds is 3. The molecule has 0 aliphatic carbocycles. The van der Waals surface area contributed by atoms with E-state index in [2.05, 4.69) is 31.9 Å². The van der Waals surface area contributed by atoms with Crippen LogP contribution in [0.1, 0.15) is 10.4 Å². The third kappa shape index (κ3) is 3.13. The summed E-state index contributed by atoms with van der Waals surface area (Å²) in [5.41, 5.74) is -0.176. The summed E-state index contributed by atoms with van der Waals surface area (Å²) in [5.74, 6) is -1.74. The quantitative estimate of drug-likeness (QED) is 0.708. The number of halogens is 4. The van der Waals surface area contributed by atoms with Crippen LogP contribution in [-0.4, -0.2) is 11.1 Å². The normalized spacial score (nSPS) is 10.4. The molecule has 0 amide bonds. The summed E-state index contributed by atoms with van der Waals surface area (Å²) in [4.78, 5) is 10.9. The number of carbonyl (C=O) groups is 1. The molecule has 0 aliphatic rings. The Hall–Kier alpha value is -1.11. The molecule has 2 aromatic rings. The van der Waals surface area contributed by atoms with E-state index in [4.69, 9.17) is 21.4 Å². The van der Waals surface area contributed by atoms with Gasteiger partial charge in [-0.15, -0.1) is 0 Å². The Balaban J connectivity index is 2.39. The highest BCUT2D eigenvalue weighted by Gasteiger charge is 2.17. The second-order valence-corrected chi connectivity index (χ2v) is 5.80. The molecule has 0 aromatic heterocycles. The van der Waals surface area contributed by atoms with Gasteiger partial charge in [-0.3, -0.25) is 0 Å². The van der Waals surface area contributed by atoms with E-state index < -0.39 is 11.8 Å². The fraction of sp³-hybridized carbons (Fsp3) is 0. The molecule has 0 atom stereocenters. The van der Waals surface area contributed by atoms with Gasteiger partial charge in [0.2, 0.25) is 0 Å². The molecule has 7 heteroatoms. The number of ether oxygens (including phenoxy) is 1. The molecule has 0 bridgehead atoms. The first-order chi connectivity index (χ1) is 9.40. The fourth-order valence-corrected chi connectivity index (χ4v) is 2.71. The smallest absolute Gasteiger partial charge is 0.336 e. The number of hydrogen-bond acceptors (Lipinski definition) is 2. The van der Waals surface area contributed by atoms with Gasteiger partial charge < -0.3 is 9.84 Å².